The molecule has 0 atom stereocenters. The molecule has 0 aliphatic carbocycles. The van der Waals surface area contributed by atoms with Gasteiger partial charge in [-0.1, -0.05) is 94.8 Å². The fraction of sp³-hybridized carbons (Fsp3) is 0.395. The molecule has 0 N–H and O–H groups in total. The maximum Gasteiger partial charge on any atom is 0.168 e. The van der Waals surface area contributed by atoms with Crippen LogP contribution in [-0.2, 0) is 6.54 Å². The van der Waals surface area contributed by atoms with E-state index in [1.807, 2.05) is 0 Å². The van der Waals surface area contributed by atoms with Gasteiger partial charge >= 0.3 is 0 Å². The number of aromatic nitrogens is 1. The number of pyridine rings is 1. The quantitative estimate of drug-likeness (QED) is 0.0790. The molecule has 3 aromatic carbocycles. The van der Waals surface area contributed by atoms with E-state index in [1.54, 1.807) is 21.3 Å². The van der Waals surface area contributed by atoms with Crippen LogP contribution in [0.25, 0.3) is 0 Å². The van der Waals surface area contributed by atoms with Crippen molar-refractivity contribution in [2.75, 3.05) is 21.3 Å². The fourth-order valence-electron chi connectivity index (χ4n) is 6.04. The second-order valence-electron chi connectivity index (χ2n) is 11.4. The second kappa shape index (κ2) is 18.7. The van der Waals surface area contributed by atoms with Crippen LogP contribution in [0.4, 0.5) is 0 Å². The van der Waals surface area contributed by atoms with E-state index < -0.39 is 6.15 Å². The van der Waals surface area contributed by atoms with Crippen molar-refractivity contribution in [2.45, 2.75) is 78.1 Å². The summed E-state index contributed by atoms with van der Waals surface area (Å²) in [6.45, 7) is 5.68. The largest absolute Gasteiger partial charge is 0.497 e. The molecule has 0 aliphatic rings. The number of rotatable bonds is 16. The number of hydrogen-bond donors (Lipinski definition) is 0. The Bertz CT molecular complexity index is 1160. The van der Waals surface area contributed by atoms with Crippen LogP contribution in [0.2, 0.25) is 6.32 Å². The third-order valence-corrected chi connectivity index (χ3v) is 8.59. The summed E-state index contributed by atoms with van der Waals surface area (Å²) in [7, 11) is 5.12. The van der Waals surface area contributed by atoms with Crippen LogP contribution in [0.15, 0.2) is 103 Å². The predicted molar refractivity (Wildman–Crippen MR) is 183 cm³/mol. The van der Waals surface area contributed by atoms with Gasteiger partial charge in [-0.25, -0.2) is 4.57 Å². The van der Waals surface area contributed by atoms with Crippen molar-refractivity contribution in [1.29, 1.82) is 0 Å². The van der Waals surface area contributed by atoms with E-state index in [0.29, 0.717) is 0 Å². The molecule has 0 saturated carbocycles. The van der Waals surface area contributed by atoms with Gasteiger partial charge in [0, 0.05) is 18.6 Å². The molecule has 1 heterocycles. The molecule has 4 aromatic rings. The summed E-state index contributed by atoms with van der Waals surface area (Å²) < 4.78 is 18.5. The van der Waals surface area contributed by atoms with Gasteiger partial charge in [-0.15, -0.1) is 0 Å². The molecule has 0 unspecified atom stereocenters. The molecule has 0 bridgehead atoms. The first-order valence-corrected chi connectivity index (χ1v) is 16.2. The minimum atomic E-state index is -1.14. The Hall–Kier alpha value is -3.73. The van der Waals surface area contributed by atoms with E-state index in [9.17, 15) is 0 Å². The standard InChI is InChI=1S/C25H30BO3.C13H22N/c1-5-6-19-26(20-7-13-23(27-2)14-8-20,21-9-15-24(28-3)16-10-21)22-11-17-25(29-4)18-12-22;1-2-3-4-5-6-8-11-14-12-9-7-10-13-14/h7-18H,5-6,19H2,1-4H3;7,9-10,12-13H,2-6,8,11H2,1H3/q-1;+1. The summed E-state index contributed by atoms with van der Waals surface area (Å²) in [4.78, 5) is 0. The lowest BCUT2D eigenvalue weighted by molar-refractivity contribution is -0.697. The average molecular weight is 582 g/mol. The zero-order valence-corrected chi connectivity index (χ0v) is 27.1. The zero-order valence-electron chi connectivity index (χ0n) is 27.1. The Kier molecular flexibility index (Phi) is 14.7. The fourth-order valence-corrected chi connectivity index (χ4v) is 6.04. The first-order valence-electron chi connectivity index (χ1n) is 16.2. The molecule has 0 aliphatic heterocycles. The van der Waals surface area contributed by atoms with E-state index in [1.165, 1.54) is 61.5 Å². The lowest BCUT2D eigenvalue weighted by Crippen LogP contribution is -2.66. The van der Waals surface area contributed by atoms with Gasteiger partial charge in [0.1, 0.15) is 23.8 Å². The average Bonchev–Trinajstić information content (AvgIpc) is 3.08. The summed E-state index contributed by atoms with van der Waals surface area (Å²) in [5, 5.41) is 0. The molecule has 230 valence electrons. The number of unbranched alkanes of at least 4 members (excludes halogenated alkanes) is 6. The third kappa shape index (κ3) is 9.91. The zero-order chi connectivity index (χ0) is 30.8. The van der Waals surface area contributed by atoms with Gasteiger partial charge in [-0.3, -0.25) is 0 Å². The van der Waals surface area contributed by atoms with E-state index in [0.717, 1.165) is 36.4 Å². The minimum Gasteiger partial charge on any atom is -0.497 e. The Morgan fingerprint density at radius 2 is 0.884 bits per heavy atom. The maximum absolute atomic E-state index is 5.41. The summed E-state index contributed by atoms with van der Waals surface area (Å²) in [6.07, 6.45) is 14.8. The summed E-state index contributed by atoms with van der Waals surface area (Å²) in [5.41, 5.74) is 3.94. The SMILES string of the molecule is CCCCCCCC[n+]1ccccc1.CCCC[B-](c1ccc(OC)cc1)(c1ccc(OC)cc1)c1ccc(OC)cc1. The number of nitrogens with zero attached hydrogens (tertiary/aromatic N) is 1. The Balaban J connectivity index is 0.000000303. The maximum atomic E-state index is 5.41. The van der Waals surface area contributed by atoms with Gasteiger partial charge in [0.15, 0.2) is 12.4 Å². The topological polar surface area (TPSA) is 31.6 Å². The first-order chi connectivity index (χ1) is 21.1. The smallest absolute Gasteiger partial charge is 0.168 e. The highest BCUT2D eigenvalue weighted by molar-refractivity contribution is 7.11. The summed E-state index contributed by atoms with van der Waals surface area (Å²) in [6, 6.07) is 31.9. The lowest BCUT2D eigenvalue weighted by atomic mass is 9.14. The number of methoxy groups -OCH3 is 3. The second-order valence-corrected chi connectivity index (χ2v) is 11.4. The molecule has 1 aromatic heterocycles. The predicted octanol–water partition coefficient (Wildman–Crippen LogP) is 7.32. The van der Waals surface area contributed by atoms with Crippen molar-refractivity contribution in [1.82, 2.24) is 0 Å². The highest BCUT2D eigenvalue weighted by atomic mass is 16.5. The highest BCUT2D eigenvalue weighted by Crippen LogP contribution is 2.21. The molecule has 0 amide bonds. The highest BCUT2D eigenvalue weighted by Gasteiger charge is 2.29. The van der Waals surface area contributed by atoms with Crippen molar-refractivity contribution in [3.05, 3.63) is 103 Å². The molecule has 0 saturated heterocycles. The molecular weight excluding hydrogens is 529 g/mol. The molecule has 5 heteroatoms. The molecule has 4 rings (SSSR count). The Morgan fingerprint density at radius 3 is 1.28 bits per heavy atom. The van der Waals surface area contributed by atoms with Gasteiger partial charge in [0.2, 0.25) is 0 Å². The molecule has 0 fully saturated rings. The molecule has 0 spiro atoms. The molecule has 43 heavy (non-hydrogen) atoms. The van der Waals surface area contributed by atoms with Crippen LogP contribution in [0.5, 0.6) is 17.2 Å². The lowest BCUT2D eigenvalue weighted by Gasteiger charge is -2.43. The third-order valence-electron chi connectivity index (χ3n) is 8.59. The summed E-state index contributed by atoms with van der Waals surface area (Å²) >= 11 is 0. The molecule has 0 radical (unpaired) electrons. The van der Waals surface area contributed by atoms with Crippen LogP contribution >= 0.6 is 0 Å². The van der Waals surface area contributed by atoms with E-state index in [-0.39, 0.29) is 0 Å². The number of aryl methyl sites for hydroxylation is 1. The molecular formula is C38H52BNO3. The molecule has 4 nitrogen and oxygen atoms in total. The van der Waals surface area contributed by atoms with Crippen molar-refractivity contribution >= 4 is 22.5 Å². The van der Waals surface area contributed by atoms with Crippen LogP contribution in [0.3, 0.4) is 0 Å². The van der Waals surface area contributed by atoms with Crippen LogP contribution in [-0.4, -0.2) is 27.5 Å². The van der Waals surface area contributed by atoms with Crippen molar-refractivity contribution in [3.8, 4) is 17.2 Å². The number of hydrogen-bond acceptors (Lipinski definition) is 3. The number of benzene rings is 3. The van der Waals surface area contributed by atoms with Gasteiger partial charge in [0.05, 0.1) is 27.5 Å². The van der Waals surface area contributed by atoms with Gasteiger partial charge in [-0.05, 0) is 42.8 Å². The Labute approximate surface area is 261 Å². The Morgan fingerprint density at radius 1 is 0.488 bits per heavy atom. The first kappa shape index (κ1) is 33.8. The van der Waals surface area contributed by atoms with Gasteiger partial charge in [0.25, 0.3) is 0 Å². The van der Waals surface area contributed by atoms with Crippen LogP contribution < -0.4 is 35.2 Å². The monoisotopic (exact) mass is 581 g/mol. The van der Waals surface area contributed by atoms with E-state index in [4.69, 9.17) is 14.2 Å². The minimum absolute atomic E-state index is 0.874. The van der Waals surface area contributed by atoms with Crippen molar-refractivity contribution in [2.24, 2.45) is 0 Å². The van der Waals surface area contributed by atoms with Crippen LogP contribution in [0.1, 0.15) is 65.2 Å². The summed E-state index contributed by atoms with van der Waals surface area (Å²) in [5.74, 6) is 2.62. The van der Waals surface area contributed by atoms with E-state index >= 15 is 0 Å². The van der Waals surface area contributed by atoms with E-state index in [2.05, 4.69) is 122 Å². The normalized spacial score (nSPS) is 10.9. The number of ether oxygens (including phenoxy) is 3. The van der Waals surface area contributed by atoms with Crippen molar-refractivity contribution < 1.29 is 18.8 Å². The van der Waals surface area contributed by atoms with Gasteiger partial charge in [-0.2, -0.15) is 22.7 Å². The van der Waals surface area contributed by atoms with Crippen LogP contribution in [0, 0.1) is 0 Å². The van der Waals surface area contributed by atoms with Crippen molar-refractivity contribution in [3.63, 3.8) is 0 Å². The van der Waals surface area contributed by atoms with Gasteiger partial charge < -0.3 is 14.2 Å².